The van der Waals surface area contributed by atoms with Crippen molar-refractivity contribution in [3.63, 3.8) is 0 Å². The highest BCUT2D eigenvalue weighted by Gasteiger charge is 2.10. The molecular formula is C13H16N2O3. The van der Waals surface area contributed by atoms with Gasteiger partial charge in [0.1, 0.15) is 6.29 Å². The van der Waals surface area contributed by atoms with E-state index in [1.54, 1.807) is 0 Å². The van der Waals surface area contributed by atoms with Crippen LogP contribution in [0.25, 0.3) is 0 Å². The number of carbonyl (C=O) groups excluding carboxylic acids is 2. The van der Waals surface area contributed by atoms with Crippen LogP contribution in [0.3, 0.4) is 0 Å². The SMILES string of the molecule is O=CCC(=O)Nc1ccc(N2CCOCC2)cc1. The third-order valence-corrected chi connectivity index (χ3v) is 2.80. The summed E-state index contributed by atoms with van der Waals surface area (Å²) in [6.45, 7) is 3.27. The summed E-state index contributed by atoms with van der Waals surface area (Å²) in [5.74, 6) is -0.288. The van der Waals surface area contributed by atoms with Crippen LogP contribution in [-0.2, 0) is 14.3 Å². The zero-order chi connectivity index (χ0) is 12.8. The molecule has 1 heterocycles. The lowest BCUT2D eigenvalue weighted by atomic mass is 10.2. The largest absolute Gasteiger partial charge is 0.378 e. The van der Waals surface area contributed by atoms with E-state index in [1.807, 2.05) is 24.3 Å². The first-order chi connectivity index (χ1) is 8.79. The van der Waals surface area contributed by atoms with E-state index >= 15 is 0 Å². The molecule has 0 bridgehead atoms. The zero-order valence-electron chi connectivity index (χ0n) is 10.1. The van der Waals surface area contributed by atoms with Gasteiger partial charge in [-0.1, -0.05) is 0 Å². The molecule has 0 aliphatic carbocycles. The van der Waals surface area contributed by atoms with Crippen LogP contribution in [0.2, 0.25) is 0 Å². The molecule has 1 aromatic rings. The molecule has 5 heteroatoms. The number of morpholine rings is 1. The van der Waals surface area contributed by atoms with E-state index in [2.05, 4.69) is 10.2 Å². The van der Waals surface area contributed by atoms with Gasteiger partial charge in [-0.3, -0.25) is 4.79 Å². The van der Waals surface area contributed by atoms with Gasteiger partial charge in [0, 0.05) is 24.5 Å². The van der Waals surface area contributed by atoms with E-state index in [0.717, 1.165) is 32.0 Å². The summed E-state index contributed by atoms with van der Waals surface area (Å²) in [7, 11) is 0. The van der Waals surface area contributed by atoms with Crippen LogP contribution in [0.4, 0.5) is 11.4 Å². The zero-order valence-corrected chi connectivity index (χ0v) is 10.1. The Hall–Kier alpha value is -1.88. The number of nitrogens with zero attached hydrogens (tertiary/aromatic N) is 1. The maximum absolute atomic E-state index is 11.2. The Morgan fingerprint density at radius 1 is 1.28 bits per heavy atom. The number of carbonyl (C=O) groups is 2. The second kappa shape index (κ2) is 6.16. The molecule has 1 aliphatic heterocycles. The lowest BCUT2D eigenvalue weighted by molar-refractivity contribution is -0.119. The third kappa shape index (κ3) is 3.30. The molecule has 1 aliphatic rings. The van der Waals surface area contributed by atoms with Crippen molar-refractivity contribution in [2.24, 2.45) is 0 Å². The van der Waals surface area contributed by atoms with Crippen LogP contribution in [0.5, 0.6) is 0 Å². The van der Waals surface area contributed by atoms with Gasteiger partial charge < -0.3 is 19.7 Å². The fourth-order valence-electron chi connectivity index (χ4n) is 1.86. The number of hydrogen-bond donors (Lipinski definition) is 1. The lowest BCUT2D eigenvalue weighted by Crippen LogP contribution is -2.36. The van der Waals surface area contributed by atoms with Crippen molar-refractivity contribution < 1.29 is 14.3 Å². The summed E-state index contributed by atoms with van der Waals surface area (Å²) in [5, 5.41) is 2.66. The molecule has 0 saturated carbocycles. The minimum Gasteiger partial charge on any atom is -0.378 e. The lowest BCUT2D eigenvalue weighted by Gasteiger charge is -2.28. The Morgan fingerprint density at radius 3 is 2.56 bits per heavy atom. The number of ether oxygens (including phenoxy) is 1. The fourth-order valence-corrected chi connectivity index (χ4v) is 1.86. The van der Waals surface area contributed by atoms with E-state index in [4.69, 9.17) is 4.74 Å². The number of aldehydes is 1. The van der Waals surface area contributed by atoms with Gasteiger partial charge in [-0.2, -0.15) is 0 Å². The predicted molar refractivity (Wildman–Crippen MR) is 68.8 cm³/mol. The van der Waals surface area contributed by atoms with Crippen molar-refractivity contribution >= 4 is 23.6 Å². The smallest absolute Gasteiger partial charge is 0.231 e. The minimum atomic E-state index is -0.288. The molecule has 1 amide bonds. The monoisotopic (exact) mass is 248 g/mol. The molecule has 0 spiro atoms. The maximum Gasteiger partial charge on any atom is 0.231 e. The van der Waals surface area contributed by atoms with Crippen molar-refractivity contribution in [2.75, 3.05) is 36.5 Å². The van der Waals surface area contributed by atoms with Crippen LogP contribution >= 0.6 is 0 Å². The molecule has 1 aromatic carbocycles. The Morgan fingerprint density at radius 2 is 1.94 bits per heavy atom. The highest BCUT2D eigenvalue weighted by Crippen LogP contribution is 2.18. The van der Waals surface area contributed by atoms with Gasteiger partial charge >= 0.3 is 0 Å². The van der Waals surface area contributed by atoms with E-state index in [9.17, 15) is 9.59 Å². The minimum absolute atomic E-state index is 0.106. The van der Waals surface area contributed by atoms with E-state index < -0.39 is 0 Å². The average molecular weight is 248 g/mol. The molecule has 0 aromatic heterocycles. The first kappa shape index (κ1) is 12.6. The van der Waals surface area contributed by atoms with Gasteiger partial charge in [0.2, 0.25) is 5.91 Å². The van der Waals surface area contributed by atoms with Gasteiger partial charge in [-0.25, -0.2) is 0 Å². The molecule has 5 nitrogen and oxygen atoms in total. The summed E-state index contributed by atoms with van der Waals surface area (Å²) in [5.41, 5.74) is 1.82. The summed E-state index contributed by atoms with van der Waals surface area (Å²) in [6, 6.07) is 7.60. The topological polar surface area (TPSA) is 58.6 Å². The number of hydrogen-bond acceptors (Lipinski definition) is 4. The highest BCUT2D eigenvalue weighted by atomic mass is 16.5. The summed E-state index contributed by atoms with van der Waals surface area (Å²) in [4.78, 5) is 23.7. The number of amides is 1. The normalized spacial score (nSPS) is 15.2. The molecule has 96 valence electrons. The standard InChI is InChI=1S/C13H16N2O3/c16-8-5-13(17)14-11-1-3-12(4-2-11)15-6-9-18-10-7-15/h1-4,8H,5-7,9-10H2,(H,14,17). The number of anilines is 2. The Bertz CT molecular complexity index is 411. The molecule has 1 saturated heterocycles. The average Bonchev–Trinajstić information content (AvgIpc) is 2.41. The van der Waals surface area contributed by atoms with Crippen molar-refractivity contribution in [1.29, 1.82) is 0 Å². The molecule has 1 fully saturated rings. The first-order valence-electron chi connectivity index (χ1n) is 5.96. The van der Waals surface area contributed by atoms with Gasteiger partial charge in [0.15, 0.2) is 0 Å². The molecule has 0 unspecified atom stereocenters. The van der Waals surface area contributed by atoms with Crippen LogP contribution in [-0.4, -0.2) is 38.5 Å². The van der Waals surface area contributed by atoms with Crippen LogP contribution in [0, 0.1) is 0 Å². The summed E-state index contributed by atoms with van der Waals surface area (Å²) in [6.07, 6.45) is 0.489. The van der Waals surface area contributed by atoms with Gasteiger partial charge in [0.05, 0.1) is 19.6 Å². The van der Waals surface area contributed by atoms with E-state index in [-0.39, 0.29) is 12.3 Å². The number of benzene rings is 1. The molecule has 18 heavy (non-hydrogen) atoms. The molecule has 0 atom stereocenters. The Balaban J connectivity index is 1.96. The van der Waals surface area contributed by atoms with E-state index in [0.29, 0.717) is 12.0 Å². The van der Waals surface area contributed by atoms with Crippen molar-refractivity contribution in [2.45, 2.75) is 6.42 Å². The van der Waals surface area contributed by atoms with Gasteiger partial charge in [-0.15, -0.1) is 0 Å². The predicted octanol–water partition coefficient (Wildman–Crippen LogP) is 1.05. The maximum atomic E-state index is 11.2. The van der Waals surface area contributed by atoms with Gasteiger partial charge in [-0.05, 0) is 24.3 Å². The quantitative estimate of drug-likeness (QED) is 0.639. The molecular weight excluding hydrogens is 232 g/mol. The first-order valence-corrected chi connectivity index (χ1v) is 5.96. The summed E-state index contributed by atoms with van der Waals surface area (Å²) >= 11 is 0. The second-order valence-corrected chi connectivity index (χ2v) is 4.07. The highest BCUT2D eigenvalue weighted by molar-refractivity contribution is 5.98. The Kier molecular flexibility index (Phi) is 4.30. The van der Waals surface area contributed by atoms with Crippen LogP contribution in [0.1, 0.15) is 6.42 Å². The van der Waals surface area contributed by atoms with Crippen LogP contribution in [0.15, 0.2) is 24.3 Å². The molecule has 0 radical (unpaired) electrons. The third-order valence-electron chi connectivity index (χ3n) is 2.80. The van der Waals surface area contributed by atoms with Crippen molar-refractivity contribution in [1.82, 2.24) is 0 Å². The number of nitrogens with one attached hydrogen (secondary N) is 1. The fraction of sp³-hybridized carbons (Fsp3) is 0.385. The number of rotatable bonds is 4. The Labute approximate surface area is 106 Å². The van der Waals surface area contributed by atoms with Gasteiger partial charge in [0.25, 0.3) is 0 Å². The van der Waals surface area contributed by atoms with Crippen molar-refractivity contribution in [3.05, 3.63) is 24.3 Å². The second-order valence-electron chi connectivity index (χ2n) is 4.07. The molecule has 1 N–H and O–H groups in total. The molecule has 2 rings (SSSR count). The van der Waals surface area contributed by atoms with E-state index in [1.165, 1.54) is 0 Å². The summed E-state index contributed by atoms with van der Waals surface area (Å²) < 4.78 is 5.29. The van der Waals surface area contributed by atoms with Crippen molar-refractivity contribution in [3.8, 4) is 0 Å². The van der Waals surface area contributed by atoms with Crippen LogP contribution < -0.4 is 10.2 Å².